The summed E-state index contributed by atoms with van der Waals surface area (Å²) in [4.78, 5) is 22.2. The molecule has 11 heteroatoms. The Morgan fingerprint density at radius 3 is 2.12 bits per heavy atom. The number of hydrogen-bond acceptors (Lipinski definition) is 3. The van der Waals surface area contributed by atoms with Crippen molar-refractivity contribution in [3.63, 3.8) is 0 Å². The van der Waals surface area contributed by atoms with Crippen molar-refractivity contribution in [1.29, 1.82) is 0 Å². The molecule has 6 nitrogen and oxygen atoms in total. The topological polar surface area (TPSA) is 95.7 Å². The van der Waals surface area contributed by atoms with Crippen LogP contribution in [-0.4, -0.2) is 42.4 Å². The van der Waals surface area contributed by atoms with E-state index in [0.29, 0.717) is 19.3 Å². The van der Waals surface area contributed by atoms with E-state index in [0.717, 1.165) is 18.7 Å². The van der Waals surface area contributed by atoms with E-state index in [1.54, 1.807) is 0 Å². The highest BCUT2D eigenvalue weighted by atomic mass is 19.4. The summed E-state index contributed by atoms with van der Waals surface area (Å²) >= 11 is 0. The predicted octanol–water partition coefficient (Wildman–Crippen LogP) is 4.02. The molecule has 0 radical (unpaired) electrons. The van der Waals surface area contributed by atoms with Gasteiger partial charge in [0.2, 0.25) is 0 Å². The van der Waals surface area contributed by atoms with Gasteiger partial charge in [-0.1, -0.05) is 30.3 Å². The summed E-state index contributed by atoms with van der Waals surface area (Å²) in [5.41, 5.74) is 6.59. The number of nitrogens with two attached hydrogens (primary N) is 1. The summed E-state index contributed by atoms with van der Waals surface area (Å²) in [6.07, 6.45) is -2.99. The number of urea groups is 1. The van der Waals surface area contributed by atoms with E-state index in [9.17, 15) is 22.4 Å². The number of carbonyl (C=O) groups excluding carboxylic acids is 1. The molecule has 2 amide bonds. The summed E-state index contributed by atoms with van der Waals surface area (Å²) < 4.78 is 61.1. The molecular weight excluding hydrogens is 449 g/mol. The molecule has 0 aromatic heterocycles. The number of nitrogens with one attached hydrogen (secondary N) is 1. The molecule has 1 fully saturated rings. The molecule has 1 saturated heterocycles. The Bertz CT molecular complexity index is 948. The third kappa shape index (κ3) is 7.41. The summed E-state index contributed by atoms with van der Waals surface area (Å²) in [5, 5.41) is 10.3. The van der Waals surface area contributed by atoms with Gasteiger partial charge in [0.05, 0.1) is 5.69 Å². The molecule has 0 unspecified atom stereocenters. The quantitative estimate of drug-likeness (QED) is 0.572. The summed E-state index contributed by atoms with van der Waals surface area (Å²) in [7, 11) is 0. The molecule has 0 bridgehead atoms. The van der Waals surface area contributed by atoms with E-state index in [-0.39, 0.29) is 23.7 Å². The first-order chi connectivity index (χ1) is 15.5. The van der Waals surface area contributed by atoms with E-state index in [1.165, 1.54) is 17.0 Å². The maximum atomic E-state index is 15.1. The average Bonchev–Trinajstić information content (AvgIpc) is 2.76. The van der Waals surface area contributed by atoms with Crippen LogP contribution in [-0.2, 0) is 17.6 Å². The van der Waals surface area contributed by atoms with Crippen LogP contribution in [0.5, 0.6) is 0 Å². The van der Waals surface area contributed by atoms with Gasteiger partial charge in [-0.15, -0.1) is 0 Å². The molecule has 4 N–H and O–H groups in total. The van der Waals surface area contributed by atoms with Crippen molar-refractivity contribution in [1.82, 2.24) is 5.32 Å². The summed E-state index contributed by atoms with van der Waals surface area (Å²) in [6.45, 7) is 1.47. The minimum atomic E-state index is -5.08. The van der Waals surface area contributed by atoms with Gasteiger partial charge in [-0.25, -0.2) is 18.4 Å². The summed E-state index contributed by atoms with van der Waals surface area (Å²) in [5.74, 6) is -4.05. The molecule has 2 aromatic rings. The number of hydrogen-bond donors (Lipinski definition) is 3. The number of aryl methyl sites for hydroxylation is 1. The van der Waals surface area contributed by atoms with Crippen LogP contribution in [0, 0.1) is 11.6 Å². The van der Waals surface area contributed by atoms with Crippen LogP contribution in [0.25, 0.3) is 0 Å². The second kappa shape index (κ2) is 11.6. The van der Waals surface area contributed by atoms with Crippen LogP contribution in [0.15, 0.2) is 42.5 Å². The number of carboxylic acids is 1. The SMILES string of the molecule is NC(=O)N(c1ccc(F)c(CCc2ccccc2)c1F)C1CCNCC1.O=C(O)C(F)(F)F. The molecule has 33 heavy (non-hydrogen) atoms. The largest absolute Gasteiger partial charge is 0.490 e. The highest BCUT2D eigenvalue weighted by Crippen LogP contribution is 2.29. The Morgan fingerprint density at radius 2 is 1.61 bits per heavy atom. The number of carbonyl (C=O) groups is 2. The molecule has 1 aliphatic heterocycles. The molecule has 3 rings (SSSR count). The zero-order valence-electron chi connectivity index (χ0n) is 17.5. The molecule has 180 valence electrons. The fraction of sp³-hybridized carbons (Fsp3) is 0.364. The molecular formula is C22H24F5N3O3. The van der Waals surface area contributed by atoms with Gasteiger partial charge >= 0.3 is 18.2 Å². The number of aliphatic carboxylic acids is 1. The number of nitrogens with zero attached hydrogens (tertiary/aromatic N) is 1. The molecule has 0 atom stereocenters. The van der Waals surface area contributed by atoms with Crippen molar-refractivity contribution in [3.05, 3.63) is 65.2 Å². The smallest absolute Gasteiger partial charge is 0.475 e. The minimum absolute atomic E-state index is 0.00784. The van der Waals surface area contributed by atoms with Crippen molar-refractivity contribution in [3.8, 4) is 0 Å². The monoisotopic (exact) mass is 473 g/mol. The van der Waals surface area contributed by atoms with Crippen molar-refractivity contribution >= 4 is 17.7 Å². The second-order valence-corrected chi connectivity index (χ2v) is 7.34. The average molecular weight is 473 g/mol. The number of benzene rings is 2. The van der Waals surface area contributed by atoms with Crippen molar-refractivity contribution in [2.45, 2.75) is 37.9 Å². The maximum Gasteiger partial charge on any atom is 0.490 e. The molecule has 0 spiro atoms. The first kappa shape index (κ1) is 26.0. The number of halogens is 5. The van der Waals surface area contributed by atoms with E-state index in [2.05, 4.69) is 5.32 Å². The normalized spacial score (nSPS) is 14.2. The third-order valence-electron chi connectivity index (χ3n) is 5.09. The fourth-order valence-electron chi connectivity index (χ4n) is 3.47. The number of carboxylic acid groups (broad SMARTS) is 1. The van der Waals surface area contributed by atoms with Gasteiger partial charge in [0, 0.05) is 11.6 Å². The second-order valence-electron chi connectivity index (χ2n) is 7.34. The minimum Gasteiger partial charge on any atom is -0.475 e. The van der Waals surface area contributed by atoms with Crippen molar-refractivity contribution in [2.24, 2.45) is 5.73 Å². The molecule has 0 saturated carbocycles. The maximum absolute atomic E-state index is 15.1. The first-order valence-electron chi connectivity index (χ1n) is 10.1. The highest BCUT2D eigenvalue weighted by molar-refractivity contribution is 5.91. The number of alkyl halides is 3. The zero-order chi connectivity index (χ0) is 24.6. The molecule has 0 aliphatic carbocycles. The van der Waals surface area contributed by atoms with Crippen LogP contribution in [0.2, 0.25) is 0 Å². The van der Waals surface area contributed by atoms with Crippen LogP contribution in [0.4, 0.5) is 32.4 Å². The van der Waals surface area contributed by atoms with Crippen LogP contribution in [0.3, 0.4) is 0 Å². The molecule has 1 aliphatic rings. The lowest BCUT2D eigenvalue weighted by Gasteiger charge is -2.34. The van der Waals surface area contributed by atoms with Crippen LogP contribution < -0.4 is 16.0 Å². The van der Waals surface area contributed by atoms with E-state index in [4.69, 9.17) is 15.6 Å². The third-order valence-corrected chi connectivity index (χ3v) is 5.09. The Kier molecular flexibility index (Phi) is 9.15. The van der Waals surface area contributed by atoms with Gasteiger partial charge < -0.3 is 16.2 Å². The number of amides is 2. The lowest BCUT2D eigenvalue weighted by atomic mass is 10.0. The molecule has 1 heterocycles. The lowest BCUT2D eigenvalue weighted by molar-refractivity contribution is -0.192. The van der Waals surface area contributed by atoms with Gasteiger partial charge in [-0.2, -0.15) is 13.2 Å². The Hall–Kier alpha value is -3.21. The van der Waals surface area contributed by atoms with Crippen LogP contribution >= 0.6 is 0 Å². The predicted molar refractivity (Wildman–Crippen MR) is 112 cm³/mol. The van der Waals surface area contributed by atoms with E-state index in [1.807, 2.05) is 30.3 Å². The fourth-order valence-corrected chi connectivity index (χ4v) is 3.47. The van der Waals surface area contributed by atoms with Crippen molar-refractivity contribution < 1.29 is 36.6 Å². The Labute approximate surface area is 187 Å². The number of primary amides is 1. The zero-order valence-corrected chi connectivity index (χ0v) is 17.5. The molecule has 2 aromatic carbocycles. The van der Waals surface area contributed by atoms with Gasteiger partial charge in [-0.05, 0) is 56.5 Å². The summed E-state index contributed by atoms with van der Waals surface area (Å²) in [6, 6.07) is 11.2. The van der Waals surface area contributed by atoms with E-state index >= 15 is 4.39 Å². The lowest BCUT2D eigenvalue weighted by Crippen LogP contribution is -2.49. The van der Waals surface area contributed by atoms with Crippen LogP contribution in [0.1, 0.15) is 24.0 Å². The Morgan fingerprint density at radius 1 is 1.03 bits per heavy atom. The number of rotatable bonds is 5. The van der Waals surface area contributed by atoms with Gasteiger partial charge in [-0.3, -0.25) is 4.90 Å². The van der Waals surface area contributed by atoms with Gasteiger partial charge in [0.1, 0.15) is 5.82 Å². The number of anilines is 1. The van der Waals surface area contributed by atoms with Gasteiger partial charge in [0.25, 0.3) is 0 Å². The highest BCUT2D eigenvalue weighted by Gasteiger charge is 2.38. The van der Waals surface area contributed by atoms with Gasteiger partial charge in [0.15, 0.2) is 5.82 Å². The van der Waals surface area contributed by atoms with E-state index < -0.39 is 29.8 Å². The first-order valence-corrected chi connectivity index (χ1v) is 10.1. The Balaban J connectivity index is 0.000000479. The number of piperidine rings is 1. The van der Waals surface area contributed by atoms with Crippen molar-refractivity contribution in [2.75, 3.05) is 18.0 Å². The standard InChI is InChI=1S/C20H23F2N3O.C2HF3O2/c21-17-8-9-18(25(20(23)26)15-10-12-24-13-11-15)19(22)16(17)7-6-14-4-2-1-3-5-14;3-2(4,5)1(6)7/h1-5,8-9,15,24H,6-7,10-13H2,(H2,23,26);(H,6,7).